The van der Waals surface area contributed by atoms with Crippen LogP contribution in [0.2, 0.25) is 0 Å². The van der Waals surface area contributed by atoms with Crippen molar-refractivity contribution in [3.05, 3.63) is 0 Å². The van der Waals surface area contributed by atoms with E-state index < -0.39 is 0 Å². The minimum absolute atomic E-state index is 0.338. The van der Waals surface area contributed by atoms with E-state index in [1.54, 1.807) is 0 Å². The van der Waals surface area contributed by atoms with Crippen molar-refractivity contribution in [2.24, 2.45) is 5.92 Å². The van der Waals surface area contributed by atoms with Crippen molar-refractivity contribution < 1.29 is 4.74 Å². The van der Waals surface area contributed by atoms with Crippen LogP contribution in [0.3, 0.4) is 0 Å². The van der Waals surface area contributed by atoms with Crippen molar-refractivity contribution in [2.75, 3.05) is 26.2 Å². The van der Waals surface area contributed by atoms with E-state index in [9.17, 15) is 0 Å². The Morgan fingerprint density at radius 3 is 2.67 bits per heavy atom. The van der Waals surface area contributed by atoms with Crippen molar-refractivity contribution in [3.8, 4) is 0 Å². The molecular formula is C18H34N2O. The predicted molar refractivity (Wildman–Crippen MR) is 87.6 cm³/mol. The molecule has 3 unspecified atom stereocenters. The molecule has 3 atom stereocenters. The van der Waals surface area contributed by atoms with Gasteiger partial charge in [-0.2, -0.15) is 0 Å². The zero-order valence-electron chi connectivity index (χ0n) is 14.3. The molecule has 3 aliphatic rings. The first-order chi connectivity index (χ1) is 10.1. The van der Waals surface area contributed by atoms with Gasteiger partial charge in [-0.15, -0.1) is 0 Å². The van der Waals surface area contributed by atoms with Crippen LogP contribution in [-0.4, -0.2) is 48.3 Å². The topological polar surface area (TPSA) is 24.5 Å². The standard InChI is InChI=1S/C18H34N2O/c1-4-17(2)13-19-18(3,15-9-10-15)14-20(17)11-5-7-16-8-6-12-21-16/h15-16,19H,4-14H2,1-3H3. The molecule has 1 aliphatic carbocycles. The van der Waals surface area contributed by atoms with Gasteiger partial charge < -0.3 is 10.1 Å². The van der Waals surface area contributed by atoms with Gasteiger partial charge in [0.05, 0.1) is 6.10 Å². The van der Waals surface area contributed by atoms with Crippen molar-refractivity contribution in [2.45, 2.75) is 82.9 Å². The third-order valence-corrected chi connectivity index (χ3v) is 6.37. The maximum absolute atomic E-state index is 5.78. The van der Waals surface area contributed by atoms with Gasteiger partial charge in [0.2, 0.25) is 0 Å². The Morgan fingerprint density at radius 1 is 1.24 bits per heavy atom. The molecule has 0 aromatic rings. The van der Waals surface area contributed by atoms with E-state index in [2.05, 4.69) is 31.0 Å². The Hall–Kier alpha value is -0.120. The Labute approximate surface area is 130 Å². The van der Waals surface area contributed by atoms with E-state index in [-0.39, 0.29) is 0 Å². The number of nitrogens with zero attached hydrogens (tertiary/aromatic N) is 1. The molecule has 2 heterocycles. The van der Waals surface area contributed by atoms with E-state index in [4.69, 9.17) is 4.74 Å². The summed E-state index contributed by atoms with van der Waals surface area (Å²) in [5.41, 5.74) is 0.698. The molecule has 3 fully saturated rings. The third kappa shape index (κ3) is 3.46. The summed E-state index contributed by atoms with van der Waals surface area (Å²) in [7, 11) is 0. The highest BCUT2D eigenvalue weighted by atomic mass is 16.5. The van der Waals surface area contributed by atoms with Crippen molar-refractivity contribution >= 4 is 0 Å². The van der Waals surface area contributed by atoms with Gasteiger partial charge in [-0.1, -0.05) is 6.92 Å². The lowest BCUT2D eigenvalue weighted by Gasteiger charge is -2.52. The second-order valence-corrected chi connectivity index (χ2v) is 8.09. The Bertz CT molecular complexity index is 351. The maximum atomic E-state index is 5.78. The van der Waals surface area contributed by atoms with Crippen LogP contribution in [0.25, 0.3) is 0 Å². The first-order valence-corrected chi connectivity index (χ1v) is 9.17. The summed E-state index contributed by atoms with van der Waals surface area (Å²) in [6.45, 7) is 11.9. The minimum Gasteiger partial charge on any atom is -0.378 e. The largest absolute Gasteiger partial charge is 0.378 e. The van der Waals surface area contributed by atoms with Crippen LogP contribution in [0.4, 0.5) is 0 Å². The fraction of sp³-hybridized carbons (Fsp3) is 1.00. The minimum atomic E-state index is 0.338. The fourth-order valence-electron chi connectivity index (χ4n) is 4.22. The van der Waals surface area contributed by atoms with Crippen molar-refractivity contribution in [1.29, 1.82) is 0 Å². The molecule has 3 heteroatoms. The van der Waals surface area contributed by atoms with Crippen LogP contribution in [0.1, 0.15) is 65.7 Å². The molecule has 2 aliphatic heterocycles. The molecule has 0 bridgehead atoms. The Kier molecular flexibility index (Phi) is 4.63. The summed E-state index contributed by atoms with van der Waals surface area (Å²) < 4.78 is 5.78. The SMILES string of the molecule is CCC1(C)CNC(C)(C2CC2)CN1CCCC1CCCO1. The molecular weight excluding hydrogens is 260 g/mol. The molecule has 0 radical (unpaired) electrons. The first kappa shape index (κ1) is 15.8. The molecule has 3 rings (SSSR count). The quantitative estimate of drug-likeness (QED) is 0.814. The molecule has 0 spiro atoms. The predicted octanol–water partition coefficient (Wildman–Crippen LogP) is 3.19. The van der Waals surface area contributed by atoms with Gasteiger partial charge in [0.25, 0.3) is 0 Å². The van der Waals surface area contributed by atoms with Crippen LogP contribution in [-0.2, 0) is 4.74 Å². The van der Waals surface area contributed by atoms with Gasteiger partial charge in [0.15, 0.2) is 0 Å². The number of rotatable bonds is 6. The smallest absolute Gasteiger partial charge is 0.0576 e. The van der Waals surface area contributed by atoms with Gasteiger partial charge in [0.1, 0.15) is 0 Å². The summed E-state index contributed by atoms with van der Waals surface area (Å²) in [6.07, 6.45) is 9.74. The third-order valence-electron chi connectivity index (χ3n) is 6.37. The molecule has 0 amide bonds. The number of piperazine rings is 1. The van der Waals surface area contributed by atoms with E-state index >= 15 is 0 Å². The van der Waals surface area contributed by atoms with E-state index in [1.807, 2.05) is 0 Å². The van der Waals surface area contributed by atoms with Crippen molar-refractivity contribution in [1.82, 2.24) is 10.2 Å². The average Bonchev–Trinajstić information content (AvgIpc) is 3.22. The monoisotopic (exact) mass is 294 g/mol. The lowest BCUT2D eigenvalue weighted by Crippen LogP contribution is -2.68. The van der Waals surface area contributed by atoms with Gasteiger partial charge in [-0.25, -0.2) is 0 Å². The maximum Gasteiger partial charge on any atom is 0.0576 e. The average molecular weight is 294 g/mol. The Morgan fingerprint density at radius 2 is 2.05 bits per heavy atom. The summed E-state index contributed by atoms with van der Waals surface area (Å²) in [5.74, 6) is 0.916. The van der Waals surface area contributed by atoms with Crippen LogP contribution < -0.4 is 5.32 Å². The number of ether oxygens (including phenoxy) is 1. The van der Waals surface area contributed by atoms with E-state index in [1.165, 1.54) is 58.0 Å². The molecule has 0 aromatic carbocycles. The second kappa shape index (κ2) is 6.17. The molecule has 3 nitrogen and oxygen atoms in total. The summed E-state index contributed by atoms with van der Waals surface area (Å²) >= 11 is 0. The molecule has 1 N–H and O–H groups in total. The first-order valence-electron chi connectivity index (χ1n) is 9.17. The van der Waals surface area contributed by atoms with Crippen LogP contribution >= 0.6 is 0 Å². The highest BCUT2D eigenvalue weighted by molar-refractivity contribution is 5.07. The zero-order chi connectivity index (χ0) is 14.9. The molecule has 1 saturated carbocycles. The van der Waals surface area contributed by atoms with Crippen LogP contribution in [0, 0.1) is 5.92 Å². The van der Waals surface area contributed by atoms with Gasteiger partial charge >= 0.3 is 0 Å². The summed E-state index contributed by atoms with van der Waals surface area (Å²) in [6, 6.07) is 0. The second-order valence-electron chi connectivity index (χ2n) is 8.09. The van der Waals surface area contributed by atoms with E-state index in [0.29, 0.717) is 17.2 Å². The Balaban J connectivity index is 1.55. The highest BCUT2D eigenvalue weighted by Crippen LogP contribution is 2.43. The van der Waals surface area contributed by atoms with Crippen molar-refractivity contribution in [3.63, 3.8) is 0 Å². The highest BCUT2D eigenvalue weighted by Gasteiger charge is 2.48. The number of hydrogen-bond donors (Lipinski definition) is 1. The number of hydrogen-bond acceptors (Lipinski definition) is 3. The fourth-order valence-corrected chi connectivity index (χ4v) is 4.22. The molecule has 0 aromatic heterocycles. The summed E-state index contributed by atoms with van der Waals surface area (Å²) in [5, 5.41) is 3.89. The normalized spacial score (nSPS) is 41.6. The van der Waals surface area contributed by atoms with Crippen LogP contribution in [0.15, 0.2) is 0 Å². The van der Waals surface area contributed by atoms with Gasteiger partial charge in [0, 0.05) is 30.8 Å². The van der Waals surface area contributed by atoms with Gasteiger partial charge in [-0.05, 0) is 71.3 Å². The summed E-state index contributed by atoms with van der Waals surface area (Å²) in [4.78, 5) is 2.79. The molecule has 2 saturated heterocycles. The van der Waals surface area contributed by atoms with Gasteiger partial charge in [-0.3, -0.25) is 4.90 Å². The van der Waals surface area contributed by atoms with Crippen LogP contribution in [0.5, 0.6) is 0 Å². The molecule has 21 heavy (non-hydrogen) atoms. The lowest BCUT2D eigenvalue weighted by molar-refractivity contribution is 0.00617. The van der Waals surface area contributed by atoms with E-state index in [0.717, 1.165) is 19.1 Å². The number of nitrogens with one attached hydrogen (secondary N) is 1. The zero-order valence-corrected chi connectivity index (χ0v) is 14.3. The lowest BCUT2D eigenvalue weighted by atomic mass is 9.84. The molecule has 122 valence electrons.